The van der Waals surface area contributed by atoms with Gasteiger partial charge in [0.05, 0.1) is 17.6 Å². The fourth-order valence-corrected chi connectivity index (χ4v) is 4.90. The summed E-state index contributed by atoms with van der Waals surface area (Å²) in [5, 5.41) is 6.83. The average Bonchev–Trinajstić information content (AvgIpc) is 3.50. The summed E-state index contributed by atoms with van der Waals surface area (Å²) in [7, 11) is 0. The maximum Gasteiger partial charge on any atom is 0.410 e. The number of alkyl halides is 2. The molecule has 1 saturated heterocycles. The quantitative estimate of drug-likeness (QED) is 0.305. The number of rotatable bonds is 6. The number of hydrogen-bond acceptors (Lipinski definition) is 6. The van der Waals surface area contributed by atoms with Crippen LogP contribution in [0.4, 0.5) is 18.0 Å². The first-order valence-electron chi connectivity index (χ1n) is 13.1. The van der Waals surface area contributed by atoms with Gasteiger partial charge in [-0.1, -0.05) is 18.2 Å². The number of aromatic nitrogens is 4. The lowest BCUT2D eigenvalue weighted by Gasteiger charge is -2.33. The monoisotopic (exact) mass is 557 g/mol. The van der Waals surface area contributed by atoms with Crippen LogP contribution in [0.3, 0.4) is 0 Å². The molecule has 12 heteroatoms. The van der Waals surface area contributed by atoms with E-state index in [-0.39, 0.29) is 41.3 Å². The SMILES string of the molecule is CC(C)(C)OC(=O)N1CCC(Cn2c(=O)n(Cc3ccc(-c4nnc(C(F)F)o4)cc3F)c3ccccc32)CC1. The van der Waals surface area contributed by atoms with E-state index in [4.69, 9.17) is 9.15 Å². The summed E-state index contributed by atoms with van der Waals surface area (Å²) in [6.07, 6.45) is -1.80. The molecule has 212 valence electrons. The van der Waals surface area contributed by atoms with E-state index >= 15 is 4.39 Å². The minimum atomic E-state index is -2.92. The molecular formula is C28H30F3N5O4. The van der Waals surface area contributed by atoms with Crippen molar-refractivity contribution in [3.8, 4) is 11.5 Å². The van der Waals surface area contributed by atoms with E-state index in [2.05, 4.69) is 10.2 Å². The Hall–Kier alpha value is -4.09. The highest BCUT2D eigenvalue weighted by Gasteiger charge is 2.28. The lowest BCUT2D eigenvalue weighted by molar-refractivity contribution is 0.0178. The zero-order valence-electron chi connectivity index (χ0n) is 22.4. The molecular weight excluding hydrogens is 527 g/mol. The van der Waals surface area contributed by atoms with Gasteiger partial charge in [0.2, 0.25) is 5.89 Å². The summed E-state index contributed by atoms with van der Waals surface area (Å²) in [6.45, 7) is 7.03. The predicted molar refractivity (Wildman–Crippen MR) is 140 cm³/mol. The third-order valence-electron chi connectivity index (χ3n) is 6.89. The first-order valence-corrected chi connectivity index (χ1v) is 13.1. The van der Waals surface area contributed by atoms with Crippen molar-refractivity contribution in [2.45, 2.75) is 58.7 Å². The second-order valence-electron chi connectivity index (χ2n) is 10.9. The van der Waals surface area contributed by atoms with Gasteiger partial charge >= 0.3 is 18.2 Å². The molecule has 0 saturated carbocycles. The lowest BCUT2D eigenvalue weighted by atomic mass is 9.97. The molecule has 1 amide bonds. The second kappa shape index (κ2) is 10.8. The number of likely N-dealkylation sites (tertiary alicyclic amines) is 1. The topological polar surface area (TPSA) is 95.4 Å². The van der Waals surface area contributed by atoms with Crippen molar-refractivity contribution in [2.75, 3.05) is 13.1 Å². The van der Waals surface area contributed by atoms with E-state index in [1.165, 1.54) is 16.7 Å². The standard InChI is InChI=1S/C28H30F3N5O4/c1-28(2,3)40-27(38)34-12-10-17(11-13-34)15-35-21-6-4-5-7-22(21)36(26(35)37)16-19-9-8-18(14-20(19)29)24-32-33-25(39-24)23(30)31/h4-9,14,17,23H,10-13,15-16H2,1-3H3. The van der Waals surface area contributed by atoms with Crippen LogP contribution >= 0.6 is 0 Å². The minimum Gasteiger partial charge on any atom is -0.444 e. The highest BCUT2D eigenvalue weighted by Crippen LogP contribution is 2.26. The number of amides is 1. The minimum absolute atomic E-state index is 0.0261. The molecule has 2 aromatic heterocycles. The van der Waals surface area contributed by atoms with Crippen LogP contribution in [-0.4, -0.2) is 49.0 Å². The fourth-order valence-electron chi connectivity index (χ4n) is 4.90. The van der Waals surface area contributed by atoms with Gasteiger partial charge in [0.25, 0.3) is 5.89 Å². The highest BCUT2D eigenvalue weighted by atomic mass is 19.3. The van der Waals surface area contributed by atoms with Gasteiger partial charge in [-0.2, -0.15) is 8.78 Å². The van der Waals surface area contributed by atoms with E-state index in [0.29, 0.717) is 25.2 Å². The number of carbonyl (C=O) groups is 1. The van der Waals surface area contributed by atoms with E-state index in [1.54, 1.807) is 9.47 Å². The third kappa shape index (κ3) is 5.75. The van der Waals surface area contributed by atoms with Crippen LogP contribution in [0.25, 0.3) is 22.5 Å². The van der Waals surface area contributed by atoms with E-state index in [0.717, 1.165) is 24.4 Å². The zero-order valence-corrected chi connectivity index (χ0v) is 22.4. The van der Waals surface area contributed by atoms with Crippen molar-refractivity contribution >= 4 is 17.1 Å². The molecule has 3 heterocycles. The largest absolute Gasteiger partial charge is 0.444 e. The Morgan fingerprint density at radius 3 is 2.35 bits per heavy atom. The number of nitrogens with zero attached hydrogens (tertiary/aromatic N) is 5. The molecule has 0 atom stereocenters. The van der Waals surface area contributed by atoms with Crippen molar-refractivity contribution in [2.24, 2.45) is 5.92 Å². The van der Waals surface area contributed by atoms with Crippen molar-refractivity contribution in [1.29, 1.82) is 0 Å². The van der Waals surface area contributed by atoms with Crippen molar-refractivity contribution in [1.82, 2.24) is 24.2 Å². The van der Waals surface area contributed by atoms with Crippen LogP contribution in [0.15, 0.2) is 51.7 Å². The van der Waals surface area contributed by atoms with E-state index < -0.39 is 23.7 Å². The highest BCUT2D eigenvalue weighted by molar-refractivity contribution is 5.76. The van der Waals surface area contributed by atoms with Crippen molar-refractivity contribution in [3.63, 3.8) is 0 Å². The molecule has 5 rings (SSSR count). The average molecular weight is 558 g/mol. The van der Waals surface area contributed by atoms with Crippen molar-refractivity contribution < 1.29 is 27.1 Å². The molecule has 40 heavy (non-hydrogen) atoms. The lowest BCUT2D eigenvalue weighted by Crippen LogP contribution is -2.42. The van der Waals surface area contributed by atoms with Gasteiger partial charge in [-0.15, -0.1) is 10.2 Å². The van der Waals surface area contributed by atoms with Crippen LogP contribution in [0.1, 0.15) is 51.5 Å². The van der Waals surface area contributed by atoms with Crippen LogP contribution in [0, 0.1) is 11.7 Å². The molecule has 0 aliphatic carbocycles. The smallest absolute Gasteiger partial charge is 0.410 e. The molecule has 0 spiro atoms. The van der Waals surface area contributed by atoms with Gasteiger partial charge in [-0.05, 0) is 63.8 Å². The van der Waals surface area contributed by atoms with Crippen molar-refractivity contribution in [3.05, 3.63) is 70.2 Å². The number of imidazole rings is 1. The predicted octanol–water partition coefficient (Wildman–Crippen LogP) is 5.63. The van der Waals surface area contributed by atoms with Gasteiger partial charge < -0.3 is 14.1 Å². The number of carbonyl (C=O) groups excluding carboxylic acids is 1. The number of para-hydroxylation sites is 2. The third-order valence-corrected chi connectivity index (χ3v) is 6.89. The molecule has 0 radical (unpaired) electrons. The van der Waals surface area contributed by atoms with Crippen LogP contribution in [0.5, 0.6) is 0 Å². The summed E-state index contributed by atoms with van der Waals surface area (Å²) in [5.74, 6) is -1.51. The second-order valence-corrected chi connectivity index (χ2v) is 10.9. The molecule has 4 aromatic rings. The Bertz CT molecular complexity index is 1580. The van der Waals surface area contributed by atoms with Gasteiger partial charge in [-0.25, -0.2) is 14.0 Å². The maximum atomic E-state index is 15.1. The normalized spacial score (nSPS) is 14.8. The van der Waals surface area contributed by atoms with Crippen LogP contribution in [0.2, 0.25) is 0 Å². The number of halogens is 3. The summed E-state index contributed by atoms with van der Waals surface area (Å²) >= 11 is 0. The van der Waals surface area contributed by atoms with E-state index in [9.17, 15) is 18.4 Å². The molecule has 1 aliphatic rings. The van der Waals surface area contributed by atoms with Crippen LogP contribution in [-0.2, 0) is 17.8 Å². The van der Waals surface area contributed by atoms with Gasteiger partial charge in [-0.3, -0.25) is 9.13 Å². The molecule has 9 nitrogen and oxygen atoms in total. The maximum absolute atomic E-state index is 15.1. The summed E-state index contributed by atoms with van der Waals surface area (Å²) in [5.41, 5.74) is 0.983. The molecule has 0 unspecified atom stereocenters. The Morgan fingerprint density at radius 1 is 1.07 bits per heavy atom. The Balaban J connectivity index is 1.34. The Kier molecular flexibility index (Phi) is 7.43. The zero-order chi connectivity index (χ0) is 28.6. The first kappa shape index (κ1) is 27.5. The van der Waals surface area contributed by atoms with Gasteiger partial charge in [0.1, 0.15) is 11.4 Å². The van der Waals surface area contributed by atoms with Gasteiger partial charge in [0.15, 0.2) is 0 Å². The summed E-state index contributed by atoms with van der Waals surface area (Å²) in [6, 6.07) is 11.4. The molecule has 1 aliphatic heterocycles. The van der Waals surface area contributed by atoms with Crippen LogP contribution < -0.4 is 5.69 Å². The Morgan fingerprint density at radius 2 is 1.75 bits per heavy atom. The first-order chi connectivity index (χ1) is 19.0. The number of ether oxygens (including phenoxy) is 1. The molecule has 2 aromatic carbocycles. The summed E-state index contributed by atoms with van der Waals surface area (Å²) in [4.78, 5) is 27.7. The number of hydrogen-bond donors (Lipinski definition) is 0. The number of fused-ring (bicyclic) bond motifs is 1. The molecule has 0 bridgehead atoms. The molecule has 0 N–H and O–H groups in total. The number of benzene rings is 2. The number of piperidine rings is 1. The Labute approximate surface area is 228 Å². The summed E-state index contributed by atoms with van der Waals surface area (Å²) < 4.78 is 54.3. The van der Waals surface area contributed by atoms with E-state index in [1.807, 2.05) is 45.0 Å². The molecule has 1 fully saturated rings. The van der Waals surface area contributed by atoms with Gasteiger partial charge in [0, 0.05) is 30.8 Å². The fraction of sp³-hybridized carbons (Fsp3) is 0.429.